The van der Waals surface area contributed by atoms with Gasteiger partial charge in [0, 0.05) is 62.2 Å². The van der Waals surface area contributed by atoms with Crippen molar-refractivity contribution in [3.8, 4) is 0 Å². The van der Waals surface area contributed by atoms with Gasteiger partial charge in [-0.3, -0.25) is 9.59 Å². The molecule has 0 aliphatic heterocycles. The van der Waals surface area contributed by atoms with E-state index >= 15 is 0 Å². The zero-order chi connectivity index (χ0) is 28.2. The maximum Gasteiger partial charge on any atom is 0.329 e. The predicted octanol–water partition coefficient (Wildman–Crippen LogP) is 2.44. The van der Waals surface area contributed by atoms with Gasteiger partial charge in [-0.25, -0.2) is 9.59 Å². The van der Waals surface area contributed by atoms with Crippen LogP contribution in [0.1, 0.15) is 20.7 Å². The van der Waals surface area contributed by atoms with Gasteiger partial charge in [-0.2, -0.15) is 0 Å². The number of rotatable bonds is 13. The van der Waals surface area contributed by atoms with Gasteiger partial charge in [0.15, 0.2) is 0 Å². The Morgan fingerprint density at radius 2 is 0.974 bits per heavy atom. The van der Waals surface area contributed by atoms with Crippen molar-refractivity contribution in [1.82, 2.24) is 10.6 Å². The molecule has 0 heterocycles. The minimum absolute atomic E-state index is 0.187. The van der Waals surface area contributed by atoms with Gasteiger partial charge < -0.3 is 29.9 Å². The van der Waals surface area contributed by atoms with Crippen molar-refractivity contribution in [2.24, 2.45) is 0 Å². The van der Waals surface area contributed by atoms with Crippen molar-refractivity contribution in [1.29, 1.82) is 0 Å². The van der Waals surface area contributed by atoms with Crippen molar-refractivity contribution in [3.63, 3.8) is 0 Å². The fourth-order valence-electron chi connectivity index (χ4n) is 3.16. The summed E-state index contributed by atoms with van der Waals surface area (Å²) in [6, 6.07) is 12.2. The molecule has 206 valence electrons. The molecule has 0 saturated heterocycles. The lowest BCUT2D eigenvalue weighted by Crippen LogP contribution is -2.44. The van der Waals surface area contributed by atoms with E-state index in [1.54, 1.807) is 24.3 Å². The van der Waals surface area contributed by atoms with Crippen LogP contribution in [0, 0.1) is 0 Å². The first-order valence-corrected chi connectivity index (χ1v) is 14.1. The van der Waals surface area contributed by atoms with Crippen molar-refractivity contribution >= 4 is 56.7 Å². The summed E-state index contributed by atoms with van der Waals surface area (Å²) in [6.07, 6.45) is 0. The van der Waals surface area contributed by atoms with Crippen molar-refractivity contribution in [3.05, 3.63) is 59.7 Å². The molecule has 0 fully saturated rings. The summed E-state index contributed by atoms with van der Waals surface area (Å²) in [5.41, 5.74) is 2.70. The van der Waals surface area contributed by atoms with Crippen LogP contribution in [0.5, 0.6) is 0 Å². The Morgan fingerprint density at radius 3 is 1.24 bits per heavy atom. The lowest BCUT2D eigenvalue weighted by Gasteiger charge is -2.18. The molecule has 38 heavy (non-hydrogen) atoms. The van der Waals surface area contributed by atoms with Crippen LogP contribution in [-0.4, -0.2) is 89.8 Å². The van der Waals surface area contributed by atoms with E-state index in [0.717, 1.165) is 11.4 Å². The second-order valence-electron chi connectivity index (χ2n) is 8.55. The van der Waals surface area contributed by atoms with Gasteiger partial charge in [0.2, 0.25) is 0 Å². The molecule has 0 aliphatic rings. The Bertz CT molecular complexity index is 1010. The van der Waals surface area contributed by atoms with E-state index in [1.807, 2.05) is 62.3 Å². The standard InChI is InChI=1S/C26H34N4O6S2/c1-29(2)19-11-7-17(8-12-19)23(31)27-21(25(33)35-5)15-37-38-16-22(26(34)36-6)28-24(32)18-9-13-20(14-10-18)30(3)4/h7-14,21-22H,15-16H2,1-6H3,(H,27,31)(H,28,32)/t21-,22-/m0/s1. The van der Waals surface area contributed by atoms with Crippen LogP contribution in [-0.2, 0) is 19.1 Å². The number of carbonyl (C=O) groups excluding carboxylic acids is 4. The molecular weight excluding hydrogens is 528 g/mol. The molecule has 0 spiro atoms. The Morgan fingerprint density at radius 1 is 0.658 bits per heavy atom. The summed E-state index contributed by atoms with van der Waals surface area (Å²) in [5, 5.41) is 5.39. The van der Waals surface area contributed by atoms with E-state index in [9.17, 15) is 19.2 Å². The highest BCUT2D eigenvalue weighted by atomic mass is 33.1. The van der Waals surface area contributed by atoms with Gasteiger partial charge in [-0.05, 0) is 48.5 Å². The highest BCUT2D eigenvalue weighted by Crippen LogP contribution is 2.24. The number of anilines is 2. The molecule has 2 amide bonds. The second-order valence-corrected chi connectivity index (χ2v) is 11.1. The fraction of sp³-hybridized carbons (Fsp3) is 0.385. The zero-order valence-electron chi connectivity index (χ0n) is 22.3. The maximum absolute atomic E-state index is 12.7. The molecule has 0 bridgehead atoms. The molecule has 2 rings (SSSR count). The molecule has 0 radical (unpaired) electrons. The van der Waals surface area contributed by atoms with Crippen LogP contribution in [0.3, 0.4) is 0 Å². The van der Waals surface area contributed by atoms with Gasteiger partial charge >= 0.3 is 11.9 Å². The van der Waals surface area contributed by atoms with Gasteiger partial charge in [-0.1, -0.05) is 21.6 Å². The third kappa shape index (κ3) is 9.18. The number of benzene rings is 2. The summed E-state index contributed by atoms with van der Waals surface area (Å²) in [6.45, 7) is 0. The second kappa shape index (κ2) is 15.1. The van der Waals surface area contributed by atoms with Gasteiger partial charge in [0.05, 0.1) is 14.2 Å². The highest BCUT2D eigenvalue weighted by molar-refractivity contribution is 8.76. The zero-order valence-corrected chi connectivity index (χ0v) is 24.0. The Hall–Kier alpha value is -3.38. The third-order valence-corrected chi connectivity index (χ3v) is 7.85. The summed E-state index contributed by atoms with van der Waals surface area (Å²) in [5.74, 6) is -1.61. The number of nitrogens with one attached hydrogen (secondary N) is 2. The number of esters is 2. The average Bonchev–Trinajstić information content (AvgIpc) is 2.92. The number of amides is 2. The van der Waals surface area contributed by atoms with E-state index in [0.29, 0.717) is 11.1 Å². The smallest absolute Gasteiger partial charge is 0.329 e. The van der Waals surface area contributed by atoms with E-state index in [2.05, 4.69) is 10.6 Å². The van der Waals surface area contributed by atoms with Crippen LogP contribution in [0.25, 0.3) is 0 Å². The Labute approximate surface area is 231 Å². The normalized spacial score (nSPS) is 12.1. The lowest BCUT2D eigenvalue weighted by atomic mass is 10.1. The van der Waals surface area contributed by atoms with E-state index in [4.69, 9.17) is 9.47 Å². The summed E-state index contributed by atoms with van der Waals surface area (Å²) in [7, 11) is 12.6. The first-order chi connectivity index (χ1) is 18.1. The molecule has 0 aromatic heterocycles. The molecule has 2 aromatic rings. The average molecular weight is 563 g/mol. The molecule has 10 nitrogen and oxygen atoms in total. The van der Waals surface area contributed by atoms with Crippen molar-refractivity contribution in [2.75, 3.05) is 63.7 Å². The van der Waals surface area contributed by atoms with Gasteiger partial charge in [0.25, 0.3) is 11.8 Å². The monoisotopic (exact) mass is 562 g/mol. The van der Waals surface area contributed by atoms with Crippen LogP contribution in [0.4, 0.5) is 11.4 Å². The molecule has 0 saturated carbocycles. The minimum Gasteiger partial charge on any atom is -0.467 e. The minimum atomic E-state index is -0.903. The van der Waals surface area contributed by atoms with Crippen LogP contribution in [0.15, 0.2) is 48.5 Å². The molecule has 12 heteroatoms. The Balaban J connectivity index is 1.94. The molecule has 0 unspecified atom stereocenters. The summed E-state index contributed by atoms with van der Waals surface area (Å²) < 4.78 is 9.68. The van der Waals surface area contributed by atoms with Crippen LogP contribution < -0.4 is 20.4 Å². The van der Waals surface area contributed by atoms with Gasteiger partial charge in [0.1, 0.15) is 12.1 Å². The number of hydrogen-bond acceptors (Lipinski definition) is 10. The first-order valence-electron chi connectivity index (χ1n) is 11.6. The first kappa shape index (κ1) is 30.8. The number of ether oxygens (including phenoxy) is 2. The number of carbonyl (C=O) groups is 4. The number of nitrogens with zero attached hydrogens (tertiary/aromatic N) is 2. The van der Waals surface area contributed by atoms with Crippen LogP contribution in [0.2, 0.25) is 0 Å². The number of hydrogen-bond donors (Lipinski definition) is 2. The fourth-order valence-corrected chi connectivity index (χ4v) is 5.46. The van der Waals surface area contributed by atoms with E-state index in [1.165, 1.54) is 35.8 Å². The quantitative estimate of drug-likeness (QED) is 0.214. The van der Waals surface area contributed by atoms with E-state index < -0.39 is 35.8 Å². The topological polar surface area (TPSA) is 117 Å². The third-order valence-electron chi connectivity index (χ3n) is 5.43. The SMILES string of the molecule is COC(=O)[C@H](CSSC[C@H](NC(=O)c1ccc(N(C)C)cc1)C(=O)OC)NC(=O)c1ccc(N(C)C)cc1. The lowest BCUT2D eigenvalue weighted by molar-refractivity contribution is -0.143. The van der Waals surface area contributed by atoms with E-state index in [-0.39, 0.29) is 11.5 Å². The molecular formula is C26H34N4O6S2. The largest absolute Gasteiger partial charge is 0.467 e. The molecule has 2 atom stereocenters. The molecule has 2 aromatic carbocycles. The van der Waals surface area contributed by atoms with Gasteiger partial charge in [-0.15, -0.1) is 0 Å². The van der Waals surface area contributed by atoms with Crippen molar-refractivity contribution in [2.45, 2.75) is 12.1 Å². The highest BCUT2D eigenvalue weighted by Gasteiger charge is 2.25. The Kier molecular flexibility index (Phi) is 12.3. The molecule has 2 N–H and O–H groups in total. The summed E-state index contributed by atoms with van der Waals surface area (Å²) in [4.78, 5) is 53.7. The summed E-state index contributed by atoms with van der Waals surface area (Å²) >= 11 is 0. The maximum atomic E-state index is 12.7. The van der Waals surface area contributed by atoms with Crippen LogP contribution >= 0.6 is 21.6 Å². The van der Waals surface area contributed by atoms with Crippen molar-refractivity contribution < 1.29 is 28.7 Å². The number of methoxy groups -OCH3 is 2. The molecule has 0 aliphatic carbocycles. The predicted molar refractivity (Wildman–Crippen MR) is 153 cm³/mol.